The van der Waals surface area contributed by atoms with E-state index >= 15 is 0 Å². The van der Waals surface area contributed by atoms with Crippen molar-refractivity contribution >= 4 is 23.5 Å². The zero-order chi connectivity index (χ0) is 13.9. The quantitative estimate of drug-likeness (QED) is 0.643. The molecule has 0 aliphatic heterocycles. The van der Waals surface area contributed by atoms with E-state index < -0.39 is 24.0 Å². The zero-order valence-corrected chi connectivity index (χ0v) is 10.2. The van der Waals surface area contributed by atoms with Crippen LogP contribution in [-0.2, 0) is 4.79 Å². The van der Waals surface area contributed by atoms with E-state index in [2.05, 4.69) is 5.32 Å². The van der Waals surface area contributed by atoms with Gasteiger partial charge in [0.25, 0.3) is 5.91 Å². The molecule has 0 saturated carbocycles. The number of carbonyl (C=O) groups is 2. The summed E-state index contributed by atoms with van der Waals surface area (Å²) in [5, 5.41) is 29.8. The van der Waals surface area contributed by atoms with E-state index in [1.807, 2.05) is 0 Å². The summed E-state index contributed by atoms with van der Waals surface area (Å²) in [6, 6.07) is 2.35. The number of hydrogen-bond donors (Lipinski definition) is 4. The number of carboxylic acid groups (broad SMARTS) is 1. The first-order valence-corrected chi connectivity index (χ1v) is 5.41. The lowest BCUT2D eigenvalue weighted by atomic mass is 10.1. The van der Waals surface area contributed by atoms with Crippen molar-refractivity contribution in [2.75, 3.05) is 0 Å². The van der Waals surface area contributed by atoms with Crippen molar-refractivity contribution in [2.24, 2.45) is 0 Å². The molecule has 2 atom stereocenters. The number of aromatic hydroxyl groups is 1. The van der Waals surface area contributed by atoms with Crippen molar-refractivity contribution in [1.82, 2.24) is 5.32 Å². The maximum Gasteiger partial charge on any atom is 0.328 e. The van der Waals surface area contributed by atoms with E-state index in [9.17, 15) is 19.8 Å². The third kappa shape index (κ3) is 3.35. The number of aliphatic carboxylic acids is 1. The minimum absolute atomic E-state index is 0.119. The number of hydrogen-bond acceptors (Lipinski definition) is 4. The van der Waals surface area contributed by atoms with Crippen LogP contribution in [0.3, 0.4) is 0 Å². The summed E-state index contributed by atoms with van der Waals surface area (Å²) in [4.78, 5) is 22.5. The summed E-state index contributed by atoms with van der Waals surface area (Å²) in [6.45, 7) is 1.24. The number of aliphatic hydroxyl groups excluding tert-OH is 1. The van der Waals surface area contributed by atoms with Gasteiger partial charge in [0.05, 0.1) is 11.7 Å². The molecule has 0 aromatic heterocycles. The van der Waals surface area contributed by atoms with Crippen molar-refractivity contribution in [2.45, 2.75) is 19.1 Å². The molecule has 98 valence electrons. The molecule has 1 aromatic carbocycles. The largest absolute Gasteiger partial charge is 0.507 e. The molecule has 0 spiro atoms. The fourth-order valence-electron chi connectivity index (χ4n) is 1.30. The summed E-state index contributed by atoms with van der Waals surface area (Å²) in [5.74, 6) is -2.54. The number of halogens is 1. The second kappa shape index (κ2) is 5.70. The zero-order valence-electron chi connectivity index (χ0n) is 9.42. The number of benzene rings is 1. The highest BCUT2D eigenvalue weighted by Crippen LogP contribution is 2.21. The van der Waals surface area contributed by atoms with Gasteiger partial charge in [-0.05, 0) is 25.1 Å². The van der Waals surface area contributed by atoms with Crippen LogP contribution in [0.15, 0.2) is 18.2 Å². The standard InChI is InChI=1S/C11H12ClNO5/c1-5(14)9(11(17)18)13-10(16)7-3-2-6(12)4-8(7)15/h2-5,9,14-15H,1H3,(H,13,16)(H,17,18)/t5-,9+/m1/s1. The minimum Gasteiger partial charge on any atom is -0.507 e. The fraction of sp³-hybridized carbons (Fsp3) is 0.273. The number of amides is 1. The topological polar surface area (TPSA) is 107 Å². The third-order valence-electron chi connectivity index (χ3n) is 2.24. The first kappa shape index (κ1) is 14.3. The van der Waals surface area contributed by atoms with Gasteiger partial charge in [0, 0.05) is 5.02 Å². The van der Waals surface area contributed by atoms with Crippen LogP contribution in [0.25, 0.3) is 0 Å². The fourth-order valence-corrected chi connectivity index (χ4v) is 1.47. The van der Waals surface area contributed by atoms with Crippen LogP contribution >= 0.6 is 11.6 Å². The summed E-state index contributed by atoms with van der Waals surface area (Å²) in [7, 11) is 0. The molecule has 1 aromatic rings. The predicted octanol–water partition coefficient (Wildman–Crippen LogP) is 0.609. The molecular formula is C11H12ClNO5. The van der Waals surface area contributed by atoms with Crippen molar-refractivity contribution in [3.63, 3.8) is 0 Å². The van der Waals surface area contributed by atoms with Gasteiger partial charge in [0.15, 0.2) is 6.04 Å². The summed E-state index contributed by atoms with van der Waals surface area (Å²) < 4.78 is 0. The molecule has 0 bridgehead atoms. The van der Waals surface area contributed by atoms with E-state index in [1.165, 1.54) is 19.1 Å². The Hall–Kier alpha value is -1.79. The molecule has 7 heteroatoms. The predicted molar refractivity (Wildman–Crippen MR) is 63.7 cm³/mol. The van der Waals surface area contributed by atoms with Crippen LogP contribution in [0.5, 0.6) is 5.75 Å². The molecule has 6 nitrogen and oxygen atoms in total. The Morgan fingerprint density at radius 2 is 2.00 bits per heavy atom. The van der Waals surface area contributed by atoms with Gasteiger partial charge in [-0.25, -0.2) is 4.79 Å². The summed E-state index contributed by atoms with van der Waals surface area (Å²) in [6.07, 6.45) is -1.26. The highest BCUT2D eigenvalue weighted by Gasteiger charge is 2.26. The molecule has 18 heavy (non-hydrogen) atoms. The van der Waals surface area contributed by atoms with Gasteiger partial charge in [-0.3, -0.25) is 4.79 Å². The molecule has 0 radical (unpaired) electrons. The summed E-state index contributed by atoms with van der Waals surface area (Å²) >= 11 is 5.60. The number of rotatable bonds is 4. The molecule has 0 aliphatic rings. The number of carboxylic acids is 1. The number of phenolic OH excluding ortho intramolecular Hbond substituents is 1. The number of phenols is 1. The van der Waals surface area contributed by atoms with Crippen LogP contribution < -0.4 is 5.32 Å². The SMILES string of the molecule is C[C@@H](O)[C@H](NC(=O)c1ccc(Cl)cc1O)C(=O)O. The maximum absolute atomic E-state index is 11.7. The van der Waals surface area contributed by atoms with Gasteiger partial charge >= 0.3 is 5.97 Å². The van der Waals surface area contributed by atoms with E-state index in [-0.39, 0.29) is 16.3 Å². The second-order valence-corrected chi connectivity index (χ2v) is 4.13. The minimum atomic E-state index is -1.45. The third-order valence-corrected chi connectivity index (χ3v) is 2.47. The maximum atomic E-state index is 11.7. The van der Waals surface area contributed by atoms with Gasteiger partial charge in [-0.2, -0.15) is 0 Å². The Morgan fingerprint density at radius 1 is 1.39 bits per heavy atom. The van der Waals surface area contributed by atoms with E-state index in [1.54, 1.807) is 0 Å². The second-order valence-electron chi connectivity index (χ2n) is 3.69. The van der Waals surface area contributed by atoms with E-state index in [0.717, 1.165) is 6.07 Å². The summed E-state index contributed by atoms with van der Waals surface area (Å²) in [5.41, 5.74) is -0.119. The molecular weight excluding hydrogens is 262 g/mol. The van der Waals surface area contributed by atoms with Gasteiger partial charge in [-0.15, -0.1) is 0 Å². The Bertz CT molecular complexity index is 475. The molecule has 0 heterocycles. The molecule has 4 N–H and O–H groups in total. The Labute approximate surface area is 108 Å². The van der Waals surface area contributed by atoms with Crippen molar-refractivity contribution < 1.29 is 24.9 Å². The molecule has 1 amide bonds. The van der Waals surface area contributed by atoms with Crippen LogP contribution in [-0.4, -0.2) is 39.3 Å². The molecule has 0 saturated heterocycles. The number of nitrogens with one attached hydrogen (secondary N) is 1. The van der Waals surface area contributed by atoms with Crippen LogP contribution in [0.4, 0.5) is 0 Å². The van der Waals surface area contributed by atoms with Gasteiger partial charge in [0.2, 0.25) is 0 Å². The average molecular weight is 274 g/mol. The lowest BCUT2D eigenvalue weighted by Gasteiger charge is -2.17. The Morgan fingerprint density at radius 3 is 2.44 bits per heavy atom. The van der Waals surface area contributed by atoms with Crippen molar-refractivity contribution in [3.05, 3.63) is 28.8 Å². The lowest BCUT2D eigenvalue weighted by molar-refractivity contribution is -0.141. The highest BCUT2D eigenvalue weighted by molar-refractivity contribution is 6.30. The number of aliphatic hydroxyl groups is 1. The van der Waals surface area contributed by atoms with Gasteiger partial charge < -0.3 is 20.6 Å². The van der Waals surface area contributed by atoms with E-state index in [0.29, 0.717) is 0 Å². The Balaban J connectivity index is 2.91. The monoisotopic (exact) mass is 273 g/mol. The lowest BCUT2D eigenvalue weighted by Crippen LogP contribution is -2.47. The molecule has 0 fully saturated rings. The smallest absolute Gasteiger partial charge is 0.328 e. The van der Waals surface area contributed by atoms with Crippen molar-refractivity contribution in [1.29, 1.82) is 0 Å². The van der Waals surface area contributed by atoms with Crippen molar-refractivity contribution in [3.8, 4) is 5.75 Å². The highest BCUT2D eigenvalue weighted by atomic mass is 35.5. The van der Waals surface area contributed by atoms with Crippen LogP contribution in [0, 0.1) is 0 Å². The van der Waals surface area contributed by atoms with Gasteiger partial charge in [-0.1, -0.05) is 11.6 Å². The first-order valence-electron chi connectivity index (χ1n) is 5.03. The Kier molecular flexibility index (Phi) is 4.52. The molecule has 1 rings (SSSR count). The number of carbonyl (C=O) groups excluding carboxylic acids is 1. The normalized spacial score (nSPS) is 13.7. The molecule has 0 unspecified atom stereocenters. The van der Waals surface area contributed by atoms with Crippen LogP contribution in [0.1, 0.15) is 17.3 Å². The van der Waals surface area contributed by atoms with Gasteiger partial charge in [0.1, 0.15) is 5.75 Å². The molecule has 0 aliphatic carbocycles. The van der Waals surface area contributed by atoms with E-state index in [4.69, 9.17) is 16.7 Å². The average Bonchev–Trinajstić information content (AvgIpc) is 2.24. The first-order chi connectivity index (χ1) is 8.32. The van der Waals surface area contributed by atoms with Crippen LogP contribution in [0.2, 0.25) is 5.02 Å².